The summed E-state index contributed by atoms with van der Waals surface area (Å²) >= 11 is 1.24. The highest BCUT2D eigenvalue weighted by Gasteiger charge is 2.28. The van der Waals surface area contributed by atoms with Crippen molar-refractivity contribution in [3.05, 3.63) is 35.9 Å². The van der Waals surface area contributed by atoms with Crippen LogP contribution in [0.4, 0.5) is 0 Å². The van der Waals surface area contributed by atoms with Crippen molar-refractivity contribution in [3.63, 3.8) is 0 Å². The van der Waals surface area contributed by atoms with Crippen LogP contribution in [0, 0.1) is 0 Å². The molecule has 0 radical (unpaired) electrons. The van der Waals surface area contributed by atoms with Crippen LogP contribution in [0.25, 0.3) is 0 Å². The van der Waals surface area contributed by atoms with Crippen molar-refractivity contribution in [1.82, 2.24) is 4.90 Å². The van der Waals surface area contributed by atoms with E-state index in [1.54, 1.807) is 24.3 Å². The van der Waals surface area contributed by atoms with E-state index in [1.165, 1.54) is 16.7 Å². The van der Waals surface area contributed by atoms with Gasteiger partial charge in [-0.05, 0) is 0 Å². The molecule has 0 spiro atoms. The molecule has 1 aliphatic heterocycles. The number of nitrogens with zero attached hydrogens (tertiary/aromatic N) is 1. The van der Waals surface area contributed by atoms with E-state index in [1.807, 2.05) is 6.07 Å². The number of thioether (sulfide) groups is 1. The predicted octanol–water partition coefficient (Wildman–Crippen LogP) is 0.914. The molecular weight excluding hydrogens is 306 g/mol. The van der Waals surface area contributed by atoms with E-state index >= 15 is 0 Å². The van der Waals surface area contributed by atoms with E-state index in [9.17, 15) is 14.4 Å². The topological polar surface area (TPSA) is 83.9 Å². The number of morpholine rings is 1. The summed E-state index contributed by atoms with van der Waals surface area (Å²) in [4.78, 5) is 36.3. The minimum atomic E-state index is -1.07. The second kappa shape index (κ2) is 7.95. The monoisotopic (exact) mass is 323 g/mol. The lowest BCUT2D eigenvalue weighted by atomic mass is 10.2. The smallest absolute Gasteiger partial charge is 0.334 e. The van der Waals surface area contributed by atoms with Crippen LogP contribution >= 0.6 is 11.8 Å². The second-order valence-corrected chi connectivity index (χ2v) is 5.81. The fourth-order valence-corrected chi connectivity index (χ4v) is 2.87. The normalized spacial score (nSPS) is 18.0. The maximum atomic E-state index is 12.0. The Hall–Kier alpha value is -1.86. The summed E-state index contributed by atoms with van der Waals surface area (Å²) in [5.74, 6) is -0.874. The Bertz CT molecular complexity index is 548. The number of aliphatic carboxylic acids is 1. The molecule has 0 aromatic heterocycles. The molecule has 1 heterocycles. The predicted molar refractivity (Wildman–Crippen MR) is 82.1 cm³/mol. The first-order valence-corrected chi connectivity index (χ1v) is 8.01. The molecule has 118 valence electrons. The van der Waals surface area contributed by atoms with Crippen LogP contribution in [0.2, 0.25) is 0 Å². The molecule has 0 bridgehead atoms. The van der Waals surface area contributed by atoms with Gasteiger partial charge < -0.3 is 14.7 Å². The standard InChI is InChI=1S/C15H17NO5S/c17-12(11-4-2-1-3-5-11)9-22-10-14(18)16-6-7-21-13(8-16)15(19)20/h1-5,13H,6-10H2,(H,19,20). The van der Waals surface area contributed by atoms with Gasteiger partial charge >= 0.3 is 5.97 Å². The summed E-state index contributed by atoms with van der Waals surface area (Å²) in [5, 5.41) is 8.90. The quantitative estimate of drug-likeness (QED) is 0.784. The molecule has 6 nitrogen and oxygen atoms in total. The third-order valence-electron chi connectivity index (χ3n) is 3.25. The van der Waals surface area contributed by atoms with Crippen LogP contribution in [0.5, 0.6) is 0 Å². The molecule has 7 heteroatoms. The number of ether oxygens (including phenoxy) is 1. The Morgan fingerprint density at radius 2 is 1.95 bits per heavy atom. The molecule has 1 amide bonds. The zero-order valence-corrected chi connectivity index (χ0v) is 12.8. The Kier molecular flexibility index (Phi) is 5.97. The number of hydrogen-bond acceptors (Lipinski definition) is 5. The lowest BCUT2D eigenvalue weighted by Crippen LogP contribution is -2.49. The number of rotatable bonds is 6. The Labute approximate surface area is 132 Å². The molecule has 1 aromatic carbocycles. The molecule has 2 rings (SSSR count). The van der Waals surface area contributed by atoms with Crippen LogP contribution in [0.1, 0.15) is 10.4 Å². The van der Waals surface area contributed by atoms with Gasteiger partial charge in [-0.1, -0.05) is 30.3 Å². The third-order valence-corrected chi connectivity index (χ3v) is 4.17. The number of carbonyl (C=O) groups excluding carboxylic acids is 2. The van der Waals surface area contributed by atoms with Gasteiger partial charge in [0.2, 0.25) is 5.91 Å². The number of Topliss-reactive ketones (excluding diaryl/α,β-unsaturated/α-hetero) is 1. The lowest BCUT2D eigenvalue weighted by molar-refractivity contribution is -0.158. The van der Waals surface area contributed by atoms with Gasteiger partial charge in [-0.2, -0.15) is 0 Å². The van der Waals surface area contributed by atoms with Crippen LogP contribution in [0.15, 0.2) is 30.3 Å². The Morgan fingerprint density at radius 3 is 2.64 bits per heavy atom. The van der Waals surface area contributed by atoms with Gasteiger partial charge in [0.25, 0.3) is 0 Å². The minimum Gasteiger partial charge on any atom is -0.479 e. The maximum Gasteiger partial charge on any atom is 0.334 e. The maximum absolute atomic E-state index is 12.0. The summed E-state index contributed by atoms with van der Waals surface area (Å²) in [6, 6.07) is 8.91. The SMILES string of the molecule is O=C(CSCC(=O)N1CCOC(C(=O)O)C1)c1ccccc1. The molecule has 0 saturated carbocycles. The van der Waals surface area contributed by atoms with Crippen molar-refractivity contribution in [1.29, 1.82) is 0 Å². The van der Waals surface area contributed by atoms with Crippen molar-refractivity contribution in [2.45, 2.75) is 6.10 Å². The molecule has 1 unspecified atom stereocenters. The van der Waals surface area contributed by atoms with Crippen molar-refractivity contribution >= 4 is 29.4 Å². The van der Waals surface area contributed by atoms with Crippen LogP contribution < -0.4 is 0 Å². The fourth-order valence-electron chi connectivity index (χ4n) is 2.05. The van der Waals surface area contributed by atoms with Crippen LogP contribution in [-0.4, -0.2) is 65.0 Å². The Morgan fingerprint density at radius 1 is 1.23 bits per heavy atom. The van der Waals surface area contributed by atoms with Gasteiger partial charge in [0.1, 0.15) is 0 Å². The summed E-state index contributed by atoms with van der Waals surface area (Å²) in [6.07, 6.45) is -0.964. The molecule has 1 saturated heterocycles. The molecule has 1 N–H and O–H groups in total. The number of amides is 1. The zero-order valence-electron chi connectivity index (χ0n) is 11.9. The first-order valence-electron chi connectivity index (χ1n) is 6.86. The highest BCUT2D eigenvalue weighted by molar-refractivity contribution is 8.00. The first kappa shape index (κ1) is 16.5. The van der Waals surface area contributed by atoms with Gasteiger partial charge in [0.15, 0.2) is 11.9 Å². The minimum absolute atomic E-state index is 0.0243. The summed E-state index contributed by atoms with van der Waals surface area (Å²) < 4.78 is 5.07. The lowest BCUT2D eigenvalue weighted by Gasteiger charge is -2.30. The van der Waals surface area contributed by atoms with Gasteiger partial charge in [-0.3, -0.25) is 9.59 Å². The van der Waals surface area contributed by atoms with Crippen LogP contribution in [0.3, 0.4) is 0 Å². The average Bonchev–Trinajstić information content (AvgIpc) is 2.55. The number of benzene rings is 1. The summed E-state index contributed by atoms with van der Waals surface area (Å²) in [7, 11) is 0. The largest absolute Gasteiger partial charge is 0.479 e. The molecule has 1 aromatic rings. The van der Waals surface area contributed by atoms with E-state index in [0.717, 1.165) is 0 Å². The first-order chi connectivity index (χ1) is 10.6. The number of carbonyl (C=O) groups is 3. The number of carboxylic acids is 1. The van der Waals surface area contributed by atoms with Crippen molar-refractivity contribution < 1.29 is 24.2 Å². The number of ketones is 1. The van der Waals surface area contributed by atoms with Gasteiger partial charge in [-0.25, -0.2) is 4.79 Å². The van der Waals surface area contributed by atoms with E-state index in [-0.39, 0.29) is 36.3 Å². The van der Waals surface area contributed by atoms with E-state index in [0.29, 0.717) is 12.1 Å². The van der Waals surface area contributed by atoms with Gasteiger partial charge in [0, 0.05) is 12.1 Å². The number of carboxylic acid groups (broad SMARTS) is 1. The zero-order chi connectivity index (χ0) is 15.9. The van der Waals surface area contributed by atoms with E-state index in [2.05, 4.69) is 0 Å². The van der Waals surface area contributed by atoms with Crippen molar-refractivity contribution in [3.8, 4) is 0 Å². The highest BCUT2D eigenvalue weighted by atomic mass is 32.2. The number of hydrogen-bond donors (Lipinski definition) is 1. The van der Waals surface area contributed by atoms with E-state index < -0.39 is 12.1 Å². The van der Waals surface area contributed by atoms with E-state index in [4.69, 9.17) is 9.84 Å². The summed E-state index contributed by atoms with van der Waals surface area (Å²) in [5.41, 5.74) is 0.625. The van der Waals surface area contributed by atoms with Gasteiger partial charge in [0.05, 0.1) is 24.7 Å². The molecule has 1 atom stereocenters. The molecule has 0 aliphatic carbocycles. The Balaban J connectivity index is 1.76. The molecule has 1 aliphatic rings. The highest BCUT2D eigenvalue weighted by Crippen LogP contribution is 2.11. The molecule has 22 heavy (non-hydrogen) atoms. The van der Waals surface area contributed by atoms with Crippen molar-refractivity contribution in [2.75, 3.05) is 31.2 Å². The molecular formula is C15H17NO5S. The van der Waals surface area contributed by atoms with Crippen LogP contribution in [-0.2, 0) is 14.3 Å². The second-order valence-electron chi connectivity index (χ2n) is 4.82. The third kappa shape index (κ3) is 4.57. The fraction of sp³-hybridized carbons (Fsp3) is 0.400. The van der Waals surface area contributed by atoms with Gasteiger partial charge in [-0.15, -0.1) is 11.8 Å². The van der Waals surface area contributed by atoms with Crippen molar-refractivity contribution in [2.24, 2.45) is 0 Å². The molecule has 1 fully saturated rings. The average molecular weight is 323 g/mol. The summed E-state index contributed by atoms with van der Waals surface area (Å²) in [6.45, 7) is 0.660.